The Morgan fingerprint density at radius 2 is 1.62 bits per heavy atom. The molecule has 3 heterocycles. The minimum Gasteiger partial charge on any atom is -0.356 e. The van der Waals surface area contributed by atoms with E-state index in [9.17, 15) is 4.79 Å². The molecule has 2 saturated heterocycles. The van der Waals surface area contributed by atoms with Crippen molar-refractivity contribution in [3.05, 3.63) is 47.7 Å². The number of carbonyl (C=O) groups is 1. The second-order valence-electron chi connectivity index (χ2n) is 8.07. The summed E-state index contributed by atoms with van der Waals surface area (Å²) < 4.78 is 0. The summed E-state index contributed by atoms with van der Waals surface area (Å²) in [6.07, 6.45) is 5.17. The Morgan fingerprint density at radius 3 is 2.34 bits per heavy atom. The first-order chi connectivity index (χ1) is 14.2. The van der Waals surface area contributed by atoms with E-state index in [1.165, 1.54) is 24.8 Å². The molecule has 2 aliphatic rings. The summed E-state index contributed by atoms with van der Waals surface area (Å²) >= 11 is 0. The van der Waals surface area contributed by atoms with Gasteiger partial charge in [-0.25, -0.2) is 4.98 Å². The number of aromatic nitrogens is 2. The van der Waals surface area contributed by atoms with E-state index >= 15 is 0 Å². The second kappa shape index (κ2) is 9.25. The Morgan fingerprint density at radius 1 is 0.897 bits per heavy atom. The van der Waals surface area contributed by atoms with Gasteiger partial charge in [0.05, 0.1) is 0 Å². The molecule has 29 heavy (non-hydrogen) atoms. The van der Waals surface area contributed by atoms with Crippen molar-refractivity contribution in [2.75, 3.05) is 49.1 Å². The monoisotopic (exact) mass is 393 g/mol. The van der Waals surface area contributed by atoms with Crippen molar-refractivity contribution in [2.45, 2.75) is 39.0 Å². The van der Waals surface area contributed by atoms with Gasteiger partial charge in [0.1, 0.15) is 5.82 Å². The topological polar surface area (TPSA) is 52.6 Å². The van der Waals surface area contributed by atoms with Crippen LogP contribution in [0.5, 0.6) is 0 Å². The second-order valence-corrected chi connectivity index (χ2v) is 8.07. The average molecular weight is 394 g/mol. The third-order valence-corrected chi connectivity index (χ3v) is 5.89. The van der Waals surface area contributed by atoms with Crippen LogP contribution in [-0.4, -0.2) is 60.0 Å². The van der Waals surface area contributed by atoms with E-state index in [0.717, 1.165) is 63.1 Å². The first kappa shape index (κ1) is 19.7. The van der Waals surface area contributed by atoms with Crippen LogP contribution in [0.1, 0.15) is 36.9 Å². The van der Waals surface area contributed by atoms with Crippen molar-refractivity contribution in [1.82, 2.24) is 14.9 Å². The SMILES string of the molecule is Cc1cc(N2CCCCC2)nc(N2CCN(C(=O)CCc3ccccc3)CC2)n1. The van der Waals surface area contributed by atoms with Crippen molar-refractivity contribution in [1.29, 1.82) is 0 Å². The fourth-order valence-corrected chi connectivity index (χ4v) is 4.17. The number of carbonyl (C=O) groups excluding carboxylic acids is 1. The summed E-state index contributed by atoms with van der Waals surface area (Å²) in [6, 6.07) is 12.3. The Labute approximate surface area is 173 Å². The van der Waals surface area contributed by atoms with Gasteiger partial charge in [-0.15, -0.1) is 0 Å². The number of piperazine rings is 1. The number of anilines is 2. The van der Waals surface area contributed by atoms with E-state index in [4.69, 9.17) is 4.98 Å². The Bertz CT molecular complexity index is 811. The molecule has 4 rings (SSSR count). The van der Waals surface area contributed by atoms with Gasteiger partial charge >= 0.3 is 0 Å². The van der Waals surface area contributed by atoms with Gasteiger partial charge in [0.2, 0.25) is 11.9 Å². The minimum absolute atomic E-state index is 0.243. The zero-order valence-electron chi connectivity index (χ0n) is 17.4. The fraction of sp³-hybridized carbons (Fsp3) is 0.522. The number of hydrogen-bond donors (Lipinski definition) is 0. The number of aryl methyl sites for hydroxylation is 2. The molecule has 154 valence electrons. The van der Waals surface area contributed by atoms with Crippen LogP contribution in [0.4, 0.5) is 11.8 Å². The van der Waals surface area contributed by atoms with Gasteiger partial charge in [0, 0.05) is 57.4 Å². The van der Waals surface area contributed by atoms with Gasteiger partial charge in [-0.1, -0.05) is 30.3 Å². The highest BCUT2D eigenvalue weighted by atomic mass is 16.2. The summed E-state index contributed by atoms with van der Waals surface area (Å²) in [6.45, 7) is 7.27. The lowest BCUT2D eigenvalue weighted by molar-refractivity contribution is -0.131. The summed E-state index contributed by atoms with van der Waals surface area (Å²) in [7, 11) is 0. The molecule has 0 N–H and O–H groups in total. The van der Waals surface area contributed by atoms with E-state index < -0.39 is 0 Å². The molecule has 2 aromatic rings. The van der Waals surface area contributed by atoms with Crippen molar-refractivity contribution in [2.24, 2.45) is 0 Å². The van der Waals surface area contributed by atoms with Gasteiger partial charge in [0.25, 0.3) is 0 Å². The van der Waals surface area contributed by atoms with E-state index in [2.05, 4.69) is 33.0 Å². The van der Waals surface area contributed by atoms with E-state index in [1.807, 2.05) is 30.0 Å². The number of benzene rings is 1. The van der Waals surface area contributed by atoms with Crippen LogP contribution in [-0.2, 0) is 11.2 Å². The summed E-state index contributed by atoms with van der Waals surface area (Å²) in [5.41, 5.74) is 2.23. The predicted molar refractivity (Wildman–Crippen MR) is 116 cm³/mol. The predicted octanol–water partition coefficient (Wildman–Crippen LogP) is 3.06. The molecule has 0 saturated carbocycles. The molecule has 6 nitrogen and oxygen atoms in total. The largest absolute Gasteiger partial charge is 0.356 e. The van der Waals surface area contributed by atoms with Crippen LogP contribution in [0.25, 0.3) is 0 Å². The van der Waals surface area contributed by atoms with Crippen LogP contribution >= 0.6 is 0 Å². The maximum atomic E-state index is 12.6. The number of rotatable bonds is 5. The molecule has 0 bridgehead atoms. The average Bonchev–Trinajstić information content (AvgIpc) is 2.78. The minimum atomic E-state index is 0.243. The number of nitrogens with zero attached hydrogens (tertiary/aromatic N) is 5. The third-order valence-electron chi connectivity index (χ3n) is 5.89. The molecule has 0 spiro atoms. The molecule has 0 atom stereocenters. The normalized spacial score (nSPS) is 17.5. The van der Waals surface area contributed by atoms with Gasteiger partial charge in [-0.2, -0.15) is 4.98 Å². The van der Waals surface area contributed by atoms with Crippen LogP contribution in [0.15, 0.2) is 36.4 Å². The molecule has 1 amide bonds. The summed E-state index contributed by atoms with van der Waals surface area (Å²) in [4.78, 5) is 28.7. The molecular weight excluding hydrogens is 362 g/mol. The van der Waals surface area contributed by atoms with E-state index in [1.54, 1.807) is 0 Å². The summed E-state index contributed by atoms with van der Waals surface area (Å²) in [5, 5.41) is 0. The molecule has 6 heteroatoms. The number of amides is 1. The molecule has 1 aromatic carbocycles. The van der Waals surface area contributed by atoms with E-state index in [-0.39, 0.29) is 5.91 Å². The highest BCUT2D eigenvalue weighted by Gasteiger charge is 2.23. The first-order valence-corrected chi connectivity index (χ1v) is 10.9. The quantitative estimate of drug-likeness (QED) is 0.781. The first-order valence-electron chi connectivity index (χ1n) is 10.9. The molecule has 0 aliphatic carbocycles. The maximum Gasteiger partial charge on any atom is 0.227 e. The van der Waals surface area contributed by atoms with Crippen LogP contribution in [0, 0.1) is 6.92 Å². The molecular formula is C23H31N5O. The third kappa shape index (κ3) is 5.05. The molecule has 2 aliphatic heterocycles. The standard InChI is InChI=1S/C23H31N5O/c1-19-18-21(26-12-6-3-7-13-26)25-23(24-19)28-16-14-27(15-17-28)22(29)11-10-20-8-4-2-5-9-20/h2,4-5,8-9,18H,3,6-7,10-17H2,1H3. The van der Waals surface area contributed by atoms with Crippen LogP contribution < -0.4 is 9.80 Å². The molecule has 0 radical (unpaired) electrons. The fourth-order valence-electron chi connectivity index (χ4n) is 4.17. The lowest BCUT2D eigenvalue weighted by Gasteiger charge is -2.35. The van der Waals surface area contributed by atoms with E-state index in [0.29, 0.717) is 6.42 Å². The highest BCUT2D eigenvalue weighted by Crippen LogP contribution is 2.22. The molecule has 1 aromatic heterocycles. The zero-order valence-corrected chi connectivity index (χ0v) is 17.4. The van der Waals surface area contributed by atoms with Crippen molar-refractivity contribution in [3.8, 4) is 0 Å². The number of piperidine rings is 1. The van der Waals surface area contributed by atoms with Crippen molar-refractivity contribution >= 4 is 17.7 Å². The molecule has 2 fully saturated rings. The lowest BCUT2D eigenvalue weighted by Crippen LogP contribution is -2.49. The Balaban J connectivity index is 1.33. The van der Waals surface area contributed by atoms with Crippen molar-refractivity contribution in [3.63, 3.8) is 0 Å². The molecule has 0 unspecified atom stereocenters. The summed E-state index contributed by atoms with van der Waals surface area (Å²) in [5.74, 6) is 2.10. The smallest absolute Gasteiger partial charge is 0.227 e. The van der Waals surface area contributed by atoms with Crippen molar-refractivity contribution < 1.29 is 4.79 Å². The maximum absolute atomic E-state index is 12.6. The zero-order chi connectivity index (χ0) is 20.1. The van der Waals surface area contributed by atoms with Gasteiger partial charge in [-0.05, 0) is 38.2 Å². The van der Waals surface area contributed by atoms with Gasteiger partial charge in [-0.3, -0.25) is 4.79 Å². The lowest BCUT2D eigenvalue weighted by atomic mass is 10.1. The van der Waals surface area contributed by atoms with Gasteiger partial charge in [0.15, 0.2) is 0 Å². The number of hydrogen-bond acceptors (Lipinski definition) is 5. The Hall–Kier alpha value is -2.63. The van der Waals surface area contributed by atoms with Crippen LogP contribution in [0.2, 0.25) is 0 Å². The van der Waals surface area contributed by atoms with Crippen LogP contribution in [0.3, 0.4) is 0 Å². The Kier molecular flexibility index (Phi) is 6.27. The van der Waals surface area contributed by atoms with Gasteiger partial charge < -0.3 is 14.7 Å². The highest BCUT2D eigenvalue weighted by molar-refractivity contribution is 5.76.